The van der Waals surface area contributed by atoms with Crippen LogP contribution in [0.25, 0.3) is 0 Å². The van der Waals surface area contributed by atoms with E-state index in [2.05, 4.69) is 4.99 Å². The van der Waals surface area contributed by atoms with Crippen LogP contribution in [0, 0.1) is 0 Å². The number of hydrogen-bond donors (Lipinski definition) is 0. The van der Waals surface area contributed by atoms with Gasteiger partial charge in [0, 0.05) is 35.8 Å². The molecule has 0 bridgehead atoms. The van der Waals surface area contributed by atoms with Crippen LogP contribution in [0.5, 0.6) is 0 Å². The van der Waals surface area contributed by atoms with E-state index in [1.54, 1.807) is 0 Å². The lowest BCUT2D eigenvalue weighted by Gasteiger charge is -2.36. The highest BCUT2D eigenvalue weighted by Crippen LogP contribution is 2.28. The third-order valence-electron chi connectivity index (χ3n) is 3.87. The SMILES string of the molecule is Cn1ccsc1=NC(=O)[N+]1(c2ccc(Cl)cc2)CCOCC1. The van der Waals surface area contributed by atoms with Gasteiger partial charge in [-0.25, -0.2) is 9.28 Å². The van der Waals surface area contributed by atoms with Crippen LogP contribution in [-0.2, 0) is 11.8 Å². The van der Waals surface area contributed by atoms with Crippen molar-refractivity contribution in [1.82, 2.24) is 9.05 Å². The Labute approximate surface area is 137 Å². The zero-order valence-electron chi connectivity index (χ0n) is 12.2. The molecule has 0 unspecified atom stereocenters. The Balaban J connectivity index is 2.04. The molecule has 0 atom stereocenters. The molecule has 1 aliphatic heterocycles. The largest absolute Gasteiger partial charge is 0.450 e. The molecule has 0 radical (unpaired) electrons. The fraction of sp³-hybridized carbons (Fsp3) is 0.333. The molecule has 0 aliphatic carbocycles. The van der Waals surface area contributed by atoms with Crippen LogP contribution in [0.1, 0.15) is 0 Å². The van der Waals surface area contributed by atoms with Crippen molar-refractivity contribution in [3.8, 4) is 0 Å². The number of quaternary nitrogens is 1. The van der Waals surface area contributed by atoms with E-state index < -0.39 is 0 Å². The van der Waals surface area contributed by atoms with Gasteiger partial charge in [-0.1, -0.05) is 11.6 Å². The summed E-state index contributed by atoms with van der Waals surface area (Å²) in [5, 5.41) is 2.57. The molecule has 1 fully saturated rings. The van der Waals surface area contributed by atoms with E-state index in [4.69, 9.17) is 16.3 Å². The second-order valence-corrected chi connectivity index (χ2v) is 6.50. The van der Waals surface area contributed by atoms with Crippen molar-refractivity contribution in [3.63, 3.8) is 0 Å². The number of hydrogen-bond acceptors (Lipinski definition) is 3. The minimum absolute atomic E-state index is 0.163. The smallest absolute Gasteiger partial charge is 0.370 e. The average Bonchev–Trinajstić information content (AvgIpc) is 2.94. The lowest BCUT2D eigenvalue weighted by Crippen LogP contribution is -2.59. The number of carbonyl (C=O) groups is 1. The minimum atomic E-state index is -0.163. The molecule has 0 spiro atoms. The van der Waals surface area contributed by atoms with Gasteiger partial charge < -0.3 is 9.30 Å². The molecule has 7 heteroatoms. The lowest BCUT2D eigenvalue weighted by atomic mass is 10.2. The maximum atomic E-state index is 12.9. The summed E-state index contributed by atoms with van der Waals surface area (Å²) in [6.07, 6.45) is 1.89. The number of thiazole rings is 1. The van der Waals surface area contributed by atoms with Gasteiger partial charge in [0.25, 0.3) is 0 Å². The van der Waals surface area contributed by atoms with Crippen LogP contribution in [0.15, 0.2) is 40.8 Å². The molecule has 5 nitrogen and oxygen atoms in total. The van der Waals surface area contributed by atoms with Crippen molar-refractivity contribution >= 4 is 34.7 Å². The summed E-state index contributed by atoms with van der Waals surface area (Å²) < 4.78 is 7.47. The number of morpholine rings is 1. The molecule has 116 valence electrons. The van der Waals surface area contributed by atoms with Crippen LogP contribution in [-0.4, -0.2) is 36.9 Å². The van der Waals surface area contributed by atoms with E-state index in [-0.39, 0.29) is 10.5 Å². The predicted octanol–water partition coefficient (Wildman–Crippen LogP) is 2.80. The number of halogens is 1. The summed E-state index contributed by atoms with van der Waals surface area (Å²) in [4.78, 5) is 18.0. The summed E-state index contributed by atoms with van der Waals surface area (Å²) in [6, 6.07) is 7.25. The highest BCUT2D eigenvalue weighted by Gasteiger charge is 2.41. The third kappa shape index (κ3) is 2.87. The number of nitrogens with zero attached hydrogens (tertiary/aromatic N) is 3. The van der Waals surface area contributed by atoms with E-state index in [9.17, 15) is 4.79 Å². The van der Waals surface area contributed by atoms with Gasteiger partial charge in [-0.3, -0.25) is 0 Å². The molecule has 0 N–H and O–H groups in total. The first-order valence-electron chi connectivity index (χ1n) is 7.02. The Morgan fingerprint density at radius 2 is 2.00 bits per heavy atom. The summed E-state index contributed by atoms with van der Waals surface area (Å²) >= 11 is 7.42. The first kappa shape index (κ1) is 15.4. The van der Waals surface area contributed by atoms with Gasteiger partial charge in [-0.2, -0.15) is 0 Å². The number of urea groups is 1. The molecule has 3 rings (SSSR count). The molecule has 1 aliphatic rings. The maximum Gasteiger partial charge on any atom is 0.450 e. The van der Waals surface area contributed by atoms with E-state index in [1.165, 1.54) is 11.3 Å². The highest BCUT2D eigenvalue weighted by atomic mass is 35.5. The zero-order valence-corrected chi connectivity index (χ0v) is 13.8. The van der Waals surface area contributed by atoms with Gasteiger partial charge in [0.15, 0.2) is 4.80 Å². The van der Waals surface area contributed by atoms with E-state index in [1.807, 2.05) is 47.5 Å². The lowest BCUT2D eigenvalue weighted by molar-refractivity contribution is 0.0573. The monoisotopic (exact) mass is 338 g/mol. The maximum absolute atomic E-state index is 12.9. The van der Waals surface area contributed by atoms with E-state index in [0.717, 1.165) is 5.69 Å². The van der Waals surface area contributed by atoms with Gasteiger partial charge in [0.2, 0.25) is 0 Å². The number of benzene rings is 1. The van der Waals surface area contributed by atoms with Crippen LogP contribution in [0.3, 0.4) is 0 Å². The first-order valence-corrected chi connectivity index (χ1v) is 8.28. The number of aromatic nitrogens is 1. The molecule has 2 heterocycles. The van der Waals surface area contributed by atoms with Crippen molar-refractivity contribution in [2.45, 2.75) is 0 Å². The van der Waals surface area contributed by atoms with Gasteiger partial charge in [0.1, 0.15) is 18.8 Å². The highest BCUT2D eigenvalue weighted by molar-refractivity contribution is 7.07. The van der Waals surface area contributed by atoms with Gasteiger partial charge in [0.05, 0.1) is 13.2 Å². The molecule has 1 aromatic heterocycles. The average molecular weight is 339 g/mol. The molecular formula is C15H17ClN3O2S+. The Hall–Kier alpha value is -1.47. The second kappa shape index (κ2) is 6.34. The quantitative estimate of drug-likeness (QED) is 0.750. The van der Waals surface area contributed by atoms with Crippen molar-refractivity contribution in [2.75, 3.05) is 26.3 Å². The van der Waals surface area contributed by atoms with Crippen molar-refractivity contribution < 1.29 is 9.53 Å². The predicted molar refractivity (Wildman–Crippen MR) is 88.0 cm³/mol. The number of ether oxygens (including phenoxy) is 1. The van der Waals surface area contributed by atoms with Crippen LogP contribution >= 0.6 is 22.9 Å². The topological polar surface area (TPSA) is 43.6 Å². The number of aryl methyl sites for hydroxylation is 1. The standard InChI is InChI=1S/C15H17ClN3O2S/c1-18-6-11-22-14(18)17-15(20)19(7-9-21-10-8-19)13-4-2-12(16)3-5-13/h2-6,11H,7-10H2,1H3/q+1. The molecule has 1 aromatic carbocycles. The zero-order chi connectivity index (χ0) is 15.6. The van der Waals surface area contributed by atoms with E-state index in [0.29, 0.717) is 36.1 Å². The minimum Gasteiger partial charge on any atom is -0.370 e. The number of amides is 2. The first-order chi connectivity index (χ1) is 10.6. The van der Waals surface area contributed by atoms with Crippen molar-refractivity contribution in [2.24, 2.45) is 12.0 Å². The summed E-state index contributed by atoms with van der Waals surface area (Å²) in [6.45, 7) is 2.25. The summed E-state index contributed by atoms with van der Waals surface area (Å²) in [7, 11) is 1.88. The normalized spacial score (nSPS) is 18.4. The molecule has 2 aromatic rings. The second-order valence-electron chi connectivity index (χ2n) is 5.19. The molecule has 1 saturated heterocycles. The van der Waals surface area contributed by atoms with Crippen LogP contribution in [0.2, 0.25) is 5.02 Å². The third-order valence-corrected chi connectivity index (χ3v) is 4.97. The molecule has 0 saturated carbocycles. The Morgan fingerprint density at radius 1 is 1.32 bits per heavy atom. The summed E-state index contributed by atoms with van der Waals surface area (Å²) in [5.74, 6) is 0. The van der Waals surface area contributed by atoms with Gasteiger partial charge >= 0.3 is 6.03 Å². The Kier molecular flexibility index (Phi) is 4.44. The fourth-order valence-electron chi connectivity index (χ4n) is 2.55. The molecular weight excluding hydrogens is 322 g/mol. The van der Waals surface area contributed by atoms with Crippen LogP contribution in [0.4, 0.5) is 10.5 Å². The Bertz CT molecular complexity index is 730. The van der Waals surface area contributed by atoms with E-state index >= 15 is 0 Å². The van der Waals surface area contributed by atoms with Gasteiger partial charge in [-0.05, 0) is 12.1 Å². The van der Waals surface area contributed by atoms with Crippen molar-refractivity contribution in [3.05, 3.63) is 45.7 Å². The van der Waals surface area contributed by atoms with Crippen molar-refractivity contribution in [1.29, 1.82) is 0 Å². The fourth-order valence-corrected chi connectivity index (χ4v) is 3.40. The number of carbonyl (C=O) groups excluding carboxylic acids is 1. The Morgan fingerprint density at radius 3 is 2.59 bits per heavy atom. The van der Waals surface area contributed by atoms with Crippen LogP contribution < -0.4 is 9.28 Å². The molecule has 22 heavy (non-hydrogen) atoms. The number of rotatable bonds is 1. The van der Waals surface area contributed by atoms with Gasteiger partial charge in [-0.15, -0.1) is 16.3 Å². The summed E-state index contributed by atoms with van der Waals surface area (Å²) in [5.41, 5.74) is 0.903. The molecule has 2 amide bonds.